The van der Waals surface area contributed by atoms with Crippen molar-refractivity contribution in [1.29, 1.82) is 0 Å². The molecule has 0 bridgehead atoms. The van der Waals surface area contributed by atoms with E-state index in [0.29, 0.717) is 48.8 Å². The number of rotatable bonds is 12. The lowest BCUT2D eigenvalue weighted by Crippen LogP contribution is -2.23. The molecular formula is C33H31F2N5O2S. The van der Waals surface area contributed by atoms with Crippen LogP contribution < -0.4 is 10.9 Å². The van der Waals surface area contributed by atoms with Gasteiger partial charge < -0.3 is 9.88 Å². The van der Waals surface area contributed by atoms with E-state index in [2.05, 4.69) is 15.4 Å². The summed E-state index contributed by atoms with van der Waals surface area (Å²) in [6, 6.07) is 20.4. The zero-order valence-corrected chi connectivity index (χ0v) is 24.5. The van der Waals surface area contributed by atoms with E-state index >= 15 is 0 Å². The van der Waals surface area contributed by atoms with Gasteiger partial charge in [-0.3, -0.25) is 14.3 Å². The van der Waals surface area contributed by atoms with Crippen molar-refractivity contribution in [2.24, 2.45) is 7.05 Å². The van der Waals surface area contributed by atoms with Gasteiger partial charge in [-0.25, -0.2) is 8.78 Å². The van der Waals surface area contributed by atoms with Crippen molar-refractivity contribution in [3.8, 4) is 11.1 Å². The van der Waals surface area contributed by atoms with Gasteiger partial charge in [0.15, 0.2) is 5.16 Å². The fraction of sp³-hybridized carbons (Fsp3) is 0.212. The van der Waals surface area contributed by atoms with Gasteiger partial charge in [-0.05, 0) is 58.5 Å². The van der Waals surface area contributed by atoms with E-state index in [1.165, 1.54) is 36.0 Å². The van der Waals surface area contributed by atoms with E-state index in [1.54, 1.807) is 35.1 Å². The highest BCUT2D eigenvalue weighted by atomic mass is 32.2. The Hall–Kier alpha value is -4.57. The molecule has 1 amide bonds. The van der Waals surface area contributed by atoms with Crippen LogP contribution in [0.5, 0.6) is 0 Å². The van der Waals surface area contributed by atoms with Gasteiger partial charge in [0.25, 0.3) is 5.56 Å². The first-order valence-electron chi connectivity index (χ1n) is 13.9. The lowest BCUT2D eigenvalue weighted by molar-refractivity contribution is -0.121. The van der Waals surface area contributed by atoms with Crippen molar-refractivity contribution in [2.75, 3.05) is 0 Å². The summed E-state index contributed by atoms with van der Waals surface area (Å²) in [6.45, 7) is 0.898. The molecule has 0 aliphatic carbocycles. The first-order chi connectivity index (χ1) is 20.8. The standard InChI is InChI=1S/C33H31F2N5O2S/c1-39-20-25(19-37-39)17-28-21-40(33(38-32(28)42)43-22-24-6-12-29(34)13-7-24)16-2-3-31(41)36-18-23-4-8-26(9-5-23)27-10-14-30(35)15-11-27/h4-15,19-21H,2-3,16-18,22H2,1H3,(H,36,41). The summed E-state index contributed by atoms with van der Waals surface area (Å²) in [5.41, 5.74) is 4.93. The van der Waals surface area contributed by atoms with Gasteiger partial charge in [0.1, 0.15) is 11.6 Å². The molecule has 0 aliphatic heterocycles. The van der Waals surface area contributed by atoms with Crippen LogP contribution in [0.25, 0.3) is 11.1 Å². The summed E-state index contributed by atoms with van der Waals surface area (Å²) >= 11 is 1.40. The highest BCUT2D eigenvalue weighted by molar-refractivity contribution is 7.98. The van der Waals surface area contributed by atoms with E-state index < -0.39 is 0 Å². The van der Waals surface area contributed by atoms with Gasteiger partial charge in [0, 0.05) is 56.7 Å². The monoisotopic (exact) mass is 599 g/mol. The molecule has 1 N–H and O–H groups in total. The van der Waals surface area contributed by atoms with Crippen LogP contribution >= 0.6 is 11.8 Å². The highest BCUT2D eigenvalue weighted by Gasteiger charge is 2.12. The number of aryl methyl sites for hydroxylation is 2. The first-order valence-corrected chi connectivity index (χ1v) is 14.9. The predicted octanol–water partition coefficient (Wildman–Crippen LogP) is 5.90. The van der Waals surface area contributed by atoms with Crippen LogP contribution in [0.4, 0.5) is 8.78 Å². The van der Waals surface area contributed by atoms with E-state index in [9.17, 15) is 18.4 Å². The second-order valence-electron chi connectivity index (χ2n) is 10.2. The number of thioether (sulfide) groups is 1. The number of nitrogens with one attached hydrogen (secondary N) is 1. The van der Waals surface area contributed by atoms with E-state index in [1.807, 2.05) is 48.3 Å². The minimum absolute atomic E-state index is 0.0762. The topological polar surface area (TPSA) is 81.8 Å². The number of hydrogen-bond donors (Lipinski definition) is 1. The van der Waals surface area contributed by atoms with Crippen LogP contribution in [-0.4, -0.2) is 25.2 Å². The molecule has 3 aromatic carbocycles. The summed E-state index contributed by atoms with van der Waals surface area (Å²) in [6.07, 6.45) is 6.67. The quantitative estimate of drug-likeness (QED) is 0.143. The van der Waals surface area contributed by atoms with Crippen LogP contribution in [0, 0.1) is 11.6 Å². The van der Waals surface area contributed by atoms with Crippen molar-refractivity contribution in [3.05, 3.63) is 136 Å². The Morgan fingerprint density at radius 2 is 1.49 bits per heavy atom. The maximum Gasteiger partial charge on any atom is 0.277 e. The Bertz CT molecular complexity index is 1730. The molecule has 0 atom stereocenters. The highest BCUT2D eigenvalue weighted by Crippen LogP contribution is 2.22. The van der Waals surface area contributed by atoms with Gasteiger partial charge in [-0.15, -0.1) is 0 Å². The minimum Gasteiger partial charge on any atom is -0.352 e. The lowest BCUT2D eigenvalue weighted by atomic mass is 10.0. The SMILES string of the molecule is Cn1cc(Cc2cn(CCCC(=O)NCc3ccc(-c4ccc(F)cc4)cc3)c(SCc3ccc(F)cc3)nc2=O)cn1. The molecule has 10 heteroatoms. The minimum atomic E-state index is -0.302. The van der Waals surface area contributed by atoms with E-state index in [4.69, 9.17) is 0 Å². The average Bonchev–Trinajstić information content (AvgIpc) is 3.42. The van der Waals surface area contributed by atoms with Gasteiger partial charge in [-0.2, -0.15) is 10.1 Å². The number of hydrogen-bond acceptors (Lipinski definition) is 5. The van der Waals surface area contributed by atoms with Gasteiger partial charge in [0.2, 0.25) is 5.91 Å². The number of nitrogens with zero attached hydrogens (tertiary/aromatic N) is 4. The molecule has 0 spiro atoms. The Morgan fingerprint density at radius 1 is 0.860 bits per heavy atom. The second-order valence-corrected chi connectivity index (χ2v) is 11.2. The lowest BCUT2D eigenvalue weighted by Gasteiger charge is -2.14. The molecule has 2 heterocycles. The van der Waals surface area contributed by atoms with Crippen LogP contribution in [0.2, 0.25) is 0 Å². The Balaban J connectivity index is 1.19. The molecule has 0 aliphatic rings. The van der Waals surface area contributed by atoms with E-state index in [-0.39, 0.29) is 23.1 Å². The maximum absolute atomic E-state index is 13.3. The van der Waals surface area contributed by atoms with Crippen molar-refractivity contribution >= 4 is 17.7 Å². The number of amides is 1. The number of halogens is 2. The number of carbonyl (C=O) groups excluding carboxylic acids is 1. The Morgan fingerprint density at radius 3 is 2.14 bits per heavy atom. The summed E-state index contributed by atoms with van der Waals surface area (Å²) in [7, 11) is 1.82. The molecule has 0 fully saturated rings. The molecule has 0 radical (unpaired) electrons. The molecule has 220 valence electrons. The zero-order valence-electron chi connectivity index (χ0n) is 23.7. The van der Waals surface area contributed by atoms with Gasteiger partial charge in [0.05, 0.1) is 6.20 Å². The molecule has 2 aromatic heterocycles. The van der Waals surface area contributed by atoms with Crippen LogP contribution in [0.1, 0.15) is 35.1 Å². The predicted molar refractivity (Wildman–Crippen MR) is 163 cm³/mol. The van der Waals surface area contributed by atoms with Crippen LogP contribution in [0.3, 0.4) is 0 Å². The first kappa shape index (κ1) is 29.9. The zero-order chi connectivity index (χ0) is 30.2. The number of carbonyl (C=O) groups is 1. The van der Waals surface area contributed by atoms with Crippen molar-refractivity contribution in [2.45, 2.75) is 43.3 Å². The van der Waals surface area contributed by atoms with Crippen LogP contribution in [0.15, 0.2) is 101 Å². The maximum atomic E-state index is 13.3. The molecule has 0 unspecified atom stereocenters. The molecule has 5 rings (SSSR count). The Kier molecular flexibility index (Phi) is 9.78. The van der Waals surface area contributed by atoms with Crippen molar-refractivity contribution in [3.63, 3.8) is 0 Å². The summed E-state index contributed by atoms with van der Waals surface area (Å²) < 4.78 is 30.1. The molecule has 5 aromatic rings. The smallest absolute Gasteiger partial charge is 0.277 e. The third-order valence-electron chi connectivity index (χ3n) is 6.89. The molecule has 0 saturated carbocycles. The fourth-order valence-corrected chi connectivity index (χ4v) is 5.53. The van der Waals surface area contributed by atoms with Crippen molar-refractivity contribution in [1.82, 2.24) is 24.6 Å². The normalized spacial score (nSPS) is 11.0. The largest absolute Gasteiger partial charge is 0.352 e. The summed E-state index contributed by atoms with van der Waals surface area (Å²) in [5.74, 6) is -0.128. The van der Waals surface area contributed by atoms with Gasteiger partial charge in [-0.1, -0.05) is 60.3 Å². The molecule has 43 heavy (non-hydrogen) atoms. The third-order valence-corrected chi connectivity index (χ3v) is 7.95. The summed E-state index contributed by atoms with van der Waals surface area (Å²) in [4.78, 5) is 29.9. The molecule has 7 nitrogen and oxygen atoms in total. The third kappa shape index (κ3) is 8.48. The average molecular weight is 600 g/mol. The Labute approximate surface area is 252 Å². The van der Waals surface area contributed by atoms with Crippen molar-refractivity contribution < 1.29 is 13.6 Å². The number of aromatic nitrogens is 4. The number of benzene rings is 3. The summed E-state index contributed by atoms with van der Waals surface area (Å²) in [5, 5.41) is 7.69. The van der Waals surface area contributed by atoms with Crippen LogP contribution in [-0.2, 0) is 37.1 Å². The molecular weight excluding hydrogens is 568 g/mol. The fourth-order valence-electron chi connectivity index (χ4n) is 4.59. The molecule has 0 saturated heterocycles. The van der Waals surface area contributed by atoms with Gasteiger partial charge >= 0.3 is 0 Å². The second kappa shape index (κ2) is 14.1. The van der Waals surface area contributed by atoms with E-state index in [0.717, 1.165) is 27.8 Å².